The number of carbonyl (C=O) groups excluding carboxylic acids is 1. The minimum atomic E-state index is -0.221. The predicted octanol–water partition coefficient (Wildman–Crippen LogP) is 3.63. The lowest BCUT2D eigenvalue weighted by Gasteiger charge is -2.04. The van der Waals surface area contributed by atoms with Crippen LogP contribution in [0.25, 0.3) is 5.69 Å². The Labute approximate surface area is 171 Å². The van der Waals surface area contributed by atoms with E-state index in [4.69, 9.17) is 0 Å². The van der Waals surface area contributed by atoms with Crippen molar-refractivity contribution in [1.82, 2.24) is 15.2 Å². The van der Waals surface area contributed by atoms with Crippen LogP contribution in [0.1, 0.15) is 28.8 Å². The summed E-state index contributed by atoms with van der Waals surface area (Å²) in [6, 6.07) is 15.4. The summed E-state index contributed by atoms with van der Waals surface area (Å²) in [5, 5.41) is 6.99. The van der Waals surface area contributed by atoms with Crippen LogP contribution in [0.5, 0.6) is 0 Å². The summed E-state index contributed by atoms with van der Waals surface area (Å²) in [4.78, 5) is 24.6. The number of nitrogens with one attached hydrogen (secondary N) is 2. The van der Waals surface area contributed by atoms with Crippen molar-refractivity contribution in [3.8, 4) is 5.69 Å². The summed E-state index contributed by atoms with van der Waals surface area (Å²) < 4.78 is 2.44. The molecule has 0 unspecified atom stereocenters. The third kappa shape index (κ3) is 4.67. The van der Waals surface area contributed by atoms with Gasteiger partial charge < -0.3 is 0 Å². The lowest BCUT2D eigenvalue weighted by Crippen LogP contribution is -2.20. The number of aromatic amines is 1. The van der Waals surface area contributed by atoms with Gasteiger partial charge in [0.05, 0.1) is 17.5 Å². The van der Waals surface area contributed by atoms with E-state index in [0.29, 0.717) is 24.1 Å². The van der Waals surface area contributed by atoms with Gasteiger partial charge in [-0.3, -0.25) is 14.7 Å². The second kappa shape index (κ2) is 8.84. The largest absolute Gasteiger partial charge is 0.295 e. The number of halogens is 1. The highest BCUT2D eigenvalue weighted by Gasteiger charge is 2.11. The average molecular weight is 441 g/mol. The first-order valence-corrected chi connectivity index (χ1v) is 9.69. The normalized spacial score (nSPS) is 11.1. The van der Waals surface area contributed by atoms with Crippen molar-refractivity contribution >= 4 is 28.1 Å². The van der Waals surface area contributed by atoms with Gasteiger partial charge in [-0.05, 0) is 49.6 Å². The van der Waals surface area contributed by atoms with Gasteiger partial charge in [0.1, 0.15) is 0 Å². The number of hydrogen-bond acceptors (Lipinski definition) is 3. The van der Waals surface area contributed by atoms with Gasteiger partial charge in [0.15, 0.2) is 0 Å². The van der Waals surface area contributed by atoms with Crippen molar-refractivity contribution in [3.05, 3.63) is 85.7 Å². The highest BCUT2D eigenvalue weighted by atomic mass is 79.9. The molecule has 0 aliphatic heterocycles. The van der Waals surface area contributed by atoms with E-state index in [2.05, 4.69) is 31.6 Å². The van der Waals surface area contributed by atoms with Gasteiger partial charge in [-0.2, -0.15) is 5.10 Å². The van der Waals surface area contributed by atoms with Gasteiger partial charge in [-0.25, -0.2) is 10.1 Å². The van der Waals surface area contributed by atoms with Crippen LogP contribution < -0.4 is 11.0 Å². The molecule has 1 heterocycles. The fourth-order valence-electron chi connectivity index (χ4n) is 2.79. The highest BCUT2D eigenvalue weighted by molar-refractivity contribution is 9.10. The molecule has 7 heteroatoms. The Hall–Kier alpha value is -2.93. The maximum Gasteiger partial charge on any atom is 0.280 e. The Kier molecular flexibility index (Phi) is 6.26. The van der Waals surface area contributed by atoms with Crippen molar-refractivity contribution in [3.63, 3.8) is 0 Å². The zero-order valence-corrected chi connectivity index (χ0v) is 17.3. The van der Waals surface area contributed by atoms with E-state index in [0.717, 1.165) is 21.3 Å². The number of H-pyrrole nitrogens is 1. The molecule has 3 rings (SSSR count). The van der Waals surface area contributed by atoms with Crippen LogP contribution in [0.15, 0.2) is 62.9 Å². The Morgan fingerprint density at radius 3 is 2.68 bits per heavy atom. The fourth-order valence-corrected chi connectivity index (χ4v) is 3.04. The summed E-state index contributed by atoms with van der Waals surface area (Å²) in [6.45, 7) is 3.75. The lowest BCUT2D eigenvalue weighted by atomic mass is 10.1. The first-order valence-electron chi connectivity index (χ1n) is 8.89. The molecule has 144 valence electrons. The molecule has 28 heavy (non-hydrogen) atoms. The highest BCUT2D eigenvalue weighted by Crippen LogP contribution is 2.18. The molecule has 0 saturated heterocycles. The van der Waals surface area contributed by atoms with Crippen LogP contribution in [-0.4, -0.2) is 21.9 Å². The summed E-state index contributed by atoms with van der Waals surface area (Å²) in [5.74, 6) is -0.197. The van der Waals surface area contributed by atoms with Crippen molar-refractivity contribution in [1.29, 1.82) is 0 Å². The lowest BCUT2D eigenvalue weighted by molar-refractivity contribution is -0.121. The van der Waals surface area contributed by atoms with E-state index in [1.807, 2.05) is 55.5 Å². The van der Waals surface area contributed by atoms with E-state index in [1.165, 1.54) is 10.9 Å². The van der Waals surface area contributed by atoms with Gasteiger partial charge in [-0.1, -0.05) is 46.3 Å². The Bertz CT molecular complexity index is 1070. The third-order valence-electron chi connectivity index (χ3n) is 4.38. The van der Waals surface area contributed by atoms with Crippen LogP contribution in [0, 0.1) is 13.8 Å². The molecule has 0 radical (unpaired) electrons. The minimum Gasteiger partial charge on any atom is -0.295 e. The Balaban J connectivity index is 1.67. The topological polar surface area (TPSA) is 79.2 Å². The smallest absolute Gasteiger partial charge is 0.280 e. The Morgan fingerprint density at radius 2 is 1.96 bits per heavy atom. The Morgan fingerprint density at radius 1 is 1.21 bits per heavy atom. The number of amides is 1. The van der Waals surface area contributed by atoms with E-state index in [9.17, 15) is 9.59 Å². The van der Waals surface area contributed by atoms with Crippen LogP contribution in [0.3, 0.4) is 0 Å². The second-order valence-corrected chi connectivity index (χ2v) is 7.36. The molecule has 6 nitrogen and oxygen atoms in total. The molecule has 1 amide bonds. The van der Waals surface area contributed by atoms with Crippen LogP contribution >= 0.6 is 15.9 Å². The average Bonchev–Trinajstić information content (AvgIpc) is 2.97. The zero-order valence-electron chi connectivity index (χ0n) is 15.7. The maximum atomic E-state index is 12.7. The molecule has 0 aliphatic carbocycles. The third-order valence-corrected chi connectivity index (χ3v) is 5.27. The van der Waals surface area contributed by atoms with Gasteiger partial charge in [0, 0.05) is 16.6 Å². The zero-order chi connectivity index (χ0) is 20.1. The van der Waals surface area contributed by atoms with E-state index in [-0.39, 0.29) is 11.5 Å². The molecular weight excluding hydrogens is 420 g/mol. The molecule has 0 atom stereocenters. The molecule has 0 bridgehead atoms. The fraction of sp³-hybridized carbons (Fsp3) is 0.190. The number of aryl methyl sites for hydroxylation is 3. The molecule has 0 saturated carbocycles. The van der Waals surface area contributed by atoms with Gasteiger partial charge >= 0.3 is 0 Å². The standard InChI is InChI=1S/C21H21BrN4O2/c1-14-12-17(9-10-19(14)22)26-21(28)18(15(2)25-26)13-23-24-20(27)11-8-16-6-4-3-5-7-16/h3-7,9-10,12-13,25H,8,11H2,1-2H3,(H,24,27). The molecular formula is C21H21BrN4O2. The van der Waals surface area contributed by atoms with Gasteiger partial charge in [-0.15, -0.1) is 0 Å². The summed E-state index contributed by atoms with van der Waals surface area (Å²) in [7, 11) is 0. The number of hydrogen-bond donors (Lipinski definition) is 2. The number of carbonyl (C=O) groups is 1. The molecule has 3 aromatic rings. The monoisotopic (exact) mass is 440 g/mol. The van der Waals surface area contributed by atoms with E-state index < -0.39 is 0 Å². The first kappa shape index (κ1) is 19.8. The summed E-state index contributed by atoms with van der Waals surface area (Å²) in [6.07, 6.45) is 2.35. The second-order valence-electron chi connectivity index (χ2n) is 6.50. The quantitative estimate of drug-likeness (QED) is 0.453. The van der Waals surface area contributed by atoms with Crippen LogP contribution in [-0.2, 0) is 11.2 Å². The molecule has 1 aromatic heterocycles. The molecule has 0 fully saturated rings. The number of benzene rings is 2. The maximum absolute atomic E-state index is 12.7. The first-order chi connectivity index (χ1) is 13.5. The van der Waals surface area contributed by atoms with E-state index >= 15 is 0 Å². The summed E-state index contributed by atoms with van der Waals surface area (Å²) in [5.41, 5.74) is 6.20. The van der Waals surface area contributed by atoms with Crippen molar-refractivity contribution in [2.45, 2.75) is 26.7 Å². The number of rotatable bonds is 6. The molecule has 0 aliphatic rings. The molecule has 2 N–H and O–H groups in total. The summed E-state index contributed by atoms with van der Waals surface area (Å²) >= 11 is 3.46. The predicted molar refractivity (Wildman–Crippen MR) is 114 cm³/mol. The van der Waals surface area contributed by atoms with Gasteiger partial charge in [0.2, 0.25) is 5.91 Å². The van der Waals surface area contributed by atoms with Gasteiger partial charge in [0.25, 0.3) is 5.56 Å². The van der Waals surface area contributed by atoms with E-state index in [1.54, 1.807) is 6.92 Å². The van der Waals surface area contributed by atoms with Crippen molar-refractivity contribution in [2.24, 2.45) is 5.10 Å². The van der Waals surface area contributed by atoms with Crippen molar-refractivity contribution in [2.75, 3.05) is 0 Å². The molecule has 0 spiro atoms. The minimum absolute atomic E-state index is 0.197. The molecule has 2 aromatic carbocycles. The number of aromatic nitrogens is 2. The number of nitrogens with zero attached hydrogens (tertiary/aromatic N) is 2. The number of hydrazone groups is 1. The van der Waals surface area contributed by atoms with Crippen LogP contribution in [0.2, 0.25) is 0 Å². The van der Waals surface area contributed by atoms with Crippen LogP contribution in [0.4, 0.5) is 0 Å². The SMILES string of the molecule is Cc1cc(-n2[nH]c(C)c(C=NNC(=O)CCc3ccccc3)c2=O)ccc1Br. The van der Waals surface area contributed by atoms with Crippen molar-refractivity contribution < 1.29 is 4.79 Å².